The quantitative estimate of drug-likeness (QED) is 0.682. The van der Waals surface area contributed by atoms with Gasteiger partial charge in [-0.1, -0.05) is 17.7 Å². The molecule has 1 N–H and O–H groups in total. The lowest BCUT2D eigenvalue weighted by atomic mass is 9.99. The number of hydrogen-bond acceptors (Lipinski definition) is 4. The van der Waals surface area contributed by atoms with Crippen LogP contribution < -0.4 is 5.32 Å². The van der Waals surface area contributed by atoms with E-state index in [1.54, 1.807) is 43.3 Å². The van der Waals surface area contributed by atoms with Gasteiger partial charge >= 0.3 is 5.97 Å². The summed E-state index contributed by atoms with van der Waals surface area (Å²) >= 11 is 5.82. The van der Waals surface area contributed by atoms with E-state index in [9.17, 15) is 14.4 Å². The number of rotatable bonds is 4. The predicted octanol–water partition coefficient (Wildman–Crippen LogP) is 3.44. The minimum Gasteiger partial charge on any atom is -0.454 e. The second kappa shape index (κ2) is 6.45. The topological polar surface area (TPSA) is 72.5 Å². The molecule has 0 bridgehead atoms. The summed E-state index contributed by atoms with van der Waals surface area (Å²) in [5, 5.41) is 3.16. The van der Waals surface area contributed by atoms with Crippen molar-refractivity contribution >= 4 is 34.9 Å². The Kier molecular flexibility index (Phi) is 4.36. The van der Waals surface area contributed by atoms with Crippen molar-refractivity contribution in [3.8, 4) is 0 Å². The molecule has 122 valence electrons. The summed E-state index contributed by atoms with van der Waals surface area (Å²) in [6.45, 7) is 1.40. The van der Waals surface area contributed by atoms with Crippen molar-refractivity contribution in [1.29, 1.82) is 0 Å². The van der Waals surface area contributed by atoms with Crippen molar-refractivity contribution in [3.05, 3.63) is 64.2 Å². The van der Waals surface area contributed by atoms with Crippen LogP contribution in [0.3, 0.4) is 0 Å². The summed E-state index contributed by atoms with van der Waals surface area (Å²) in [4.78, 5) is 35.8. The van der Waals surface area contributed by atoms with Crippen LogP contribution in [0.5, 0.6) is 0 Å². The van der Waals surface area contributed by atoms with Crippen LogP contribution in [0, 0.1) is 0 Å². The molecule has 24 heavy (non-hydrogen) atoms. The fraction of sp³-hybridized carbons (Fsp3) is 0.167. The van der Waals surface area contributed by atoms with Gasteiger partial charge in [-0.3, -0.25) is 9.59 Å². The number of carbonyl (C=O) groups is 3. The summed E-state index contributed by atoms with van der Waals surface area (Å²) in [5.74, 6) is -1.35. The Balaban J connectivity index is 1.68. The Labute approximate surface area is 143 Å². The zero-order valence-corrected chi connectivity index (χ0v) is 13.6. The first-order chi connectivity index (χ1) is 11.5. The molecule has 0 unspecified atom stereocenters. The Morgan fingerprint density at radius 3 is 2.71 bits per heavy atom. The SMILES string of the molecule is C[C@@H]1C(=O)Nc2ccc(C(=O)COC(=O)c3cccc(Cl)c3)cc21. The van der Waals surface area contributed by atoms with Crippen LogP contribution in [-0.4, -0.2) is 24.3 Å². The molecule has 6 heteroatoms. The molecule has 0 saturated carbocycles. The van der Waals surface area contributed by atoms with E-state index in [-0.39, 0.29) is 29.8 Å². The number of hydrogen-bond donors (Lipinski definition) is 1. The van der Waals surface area contributed by atoms with Crippen molar-refractivity contribution in [1.82, 2.24) is 0 Å². The van der Waals surface area contributed by atoms with E-state index < -0.39 is 5.97 Å². The third-order valence-electron chi connectivity index (χ3n) is 3.89. The maximum atomic E-state index is 12.2. The molecule has 5 nitrogen and oxygen atoms in total. The van der Waals surface area contributed by atoms with E-state index in [1.165, 1.54) is 6.07 Å². The van der Waals surface area contributed by atoms with Crippen molar-refractivity contribution in [3.63, 3.8) is 0 Å². The number of esters is 1. The highest BCUT2D eigenvalue weighted by molar-refractivity contribution is 6.30. The van der Waals surface area contributed by atoms with Gasteiger partial charge in [-0.15, -0.1) is 0 Å². The van der Waals surface area contributed by atoms with Gasteiger partial charge in [-0.25, -0.2) is 4.79 Å². The van der Waals surface area contributed by atoms with E-state index in [0.717, 1.165) is 5.56 Å². The molecule has 0 aromatic heterocycles. The van der Waals surface area contributed by atoms with Crippen LogP contribution in [0.1, 0.15) is 39.1 Å². The monoisotopic (exact) mass is 343 g/mol. The number of ether oxygens (including phenoxy) is 1. The molecule has 2 aromatic carbocycles. The maximum Gasteiger partial charge on any atom is 0.338 e. The van der Waals surface area contributed by atoms with Crippen molar-refractivity contribution in [2.75, 3.05) is 11.9 Å². The van der Waals surface area contributed by atoms with E-state index in [4.69, 9.17) is 16.3 Å². The minimum absolute atomic E-state index is 0.0954. The van der Waals surface area contributed by atoms with E-state index in [2.05, 4.69) is 5.32 Å². The molecule has 1 atom stereocenters. The number of fused-ring (bicyclic) bond motifs is 1. The highest BCUT2D eigenvalue weighted by atomic mass is 35.5. The van der Waals surface area contributed by atoms with Gasteiger partial charge in [0, 0.05) is 16.3 Å². The lowest BCUT2D eigenvalue weighted by Crippen LogP contribution is -2.14. The first kappa shape index (κ1) is 16.2. The average molecular weight is 344 g/mol. The predicted molar refractivity (Wildman–Crippen MR) is 89.6 cm³/mol. The molecule has 2 aromatic rings. The van der Waals surface area contributed by atoms with Gasteiger partial charge in [0.15, 0.2) is 12.4 Å². The Morgan fingerprint density at radius 1 is 1.17 bits per heavy atom. The third-order valence-corrected chi connectivity index (χ3v) is 4.12. The Morgan fingerprint density at radius 2 is 1.96 bits per heavy atom. The summed E-state index contributed by atoms with van der Waals surface area (Å²) < 4.78 is 5.04. The maximum absolute atomic E-state index is 12.2. The smallest absolute Gasteiger partial charge is 0.338 e. The van der Waals surface area contributed by atoms with Gasteiger partial charge in [0.1, 0.15) is 0 Å². The van der Waals surface area contributed by atoms with Gasteiger partial charge < -0.3 is 10.1 Å². The second-order valence-corrected chi connectivity index (χ2v) is 5.96. The van der Waals surface area contributed by atoms with Crippen molar-refractivity contribution < 1.29 is 19.1 Å². The lowest BCUT2D eigenvalue weighted by molar-refractivity contribution is -0.116. The highest BCUT2D eigenvalue weighted by Gasteiger charge is 2.27. The molecule has 0 spiro atoms. The number of halogens is 1. The number of carbonyl (C=O) groups excluding carboxylic acids is 3. The molecule has 1 aliphatic rings. The highest BCUT2D eigenvalue weighted by Crippen LogP contribution is 2.32. The lowest BCUT2D eigenvalue weighted by Gasteiger charge is -2.07. The van der Waals surface area contributed by atoms with Crippen molar-refractivity contribution in [2.24, 2.45) is 0 Å². The fourth-order valence-corrected chi connectivity index (χ4v) is 2.69. The van der Waals surface area contributed by atoms with Crippen LogP contribution in [0.2, 0.25) is 5.02 Å². The Hall–Kier alpha value is -2.66. The van der Waals surface area contributed by atoms with Gasteiger partial charge in [-0.2, -0.15) is 0 Å². The number of amides is 1. The summed E-state index contributed by atoms with van der Waals surface area (Å²) in [6.07, 6.45) is 0. The number of anilines is 1. The van der Waals surface area contributed by atoms with Gasteiger partial charge in [0.25, 0.3) is 0 Å². The Bertz CT molecular complexity index is 847. The number of ketones is 1. The zero-order valence-electron chi connectivity index (χ0n) is 12.8. The van der Waals surface area contributed by atoms with Gasteiger partial charge in [-0.05, 0) is 48.9 Å². The van der Waals surface area contributed by atoms with Crippen LogP contribution in [0.4, 0.5) is 5.69 Å². The van der Waals surface area contributed by atoms with E-state index in [0.29, 0.717) is 16.3 Å². The third kappa shape index (κ3) is 3.16. The molecule has 1 amide bonds. The molecule has 0 saturated heterocycles. The number of nitrogens with one attached hydrogen (secondary N) is 1. The average Bonchev–Trinajstić information content (AvgIpc) is 2.86. The van der Waals surface area contributed by atoms with Crippen LogP contribution in [-0.2, 0) is 9.53 Å². The molecule has 1 aliphatic heterocycles. The normalized spacial score (nSPS) is 15.6. The summed E-state index contributed by atoms with van der Waals surface area (Å²) in [5.41, 5.74) is 2.16. The van der Waals surface area contributed by atoms with E-state index in [1.807, 2.05) is 0 Å². The number of Topliss-reactive ketones (excluding diaryl/α,β-unsaturated/α-hetero) is 1. The second-order valence-electron chi connectivity index (χ2n) is 5.52. The first-order valence-electron chi connectivity index (χ1n) is 7.36. The fourth-order valence-electron chi connectivity index (χ4n) is 2.50. The molecular formula is C18H14ClNO4. The van der Waals surface area contributed by atoms with Gasteiger partial charge in [0.05, 0.1) is 11.5 Å². The van der Waals surface area contributed by atoms with Crippen molar-refractivity contribution in [2.45, 2.75) is 12.8 Å². The largest absolute Gasteiger partial charge is 0.454 e. The molecule has 0 radical (unpaired) electrons. The molecule has 1 heterocycles. The van der Waals surface area contributed by atoms with Crippen LogP contribution in [0.15, 0.2) is 42.5 Å². The van der Waals surface area contributed by atoms with E-state index >= 15 is 0 Å². The molecule has 0 fully saturated rings. The standard InChI is InChI=1S/C18H14ClNO4/c1-10-14-8-11(5-6-15(14)20-17(10)22)16(21)9-24-18(23)12-3-2-4-13(19)7-12/h2-8,10H,9H2,1H3,(H,20,22)/t10-/m0/s1. The summed E-state index contributed by atoms with van der Waals surface area (Å²) in [7, 11) is 0. The minimum atomic E-state index is -0.614. The van der Waals surface area contributed by atoms with Crippen LogP contribution in [0.25, 0.3) is 0 Å². The molecular weight excluding hydrogens is 330 g/mol. The number of benzene rings is 2. The van der Waals surface area contributed by atoms with Crippen LogP contribution >= 0.6 is 11.6 Å². The first-order valence-corrected chi connectivity index (χ1v) is 7.74. The molecule has 0 aliphatic carbocycles. The summed E-state index contributed by atoms with van der Waals surface area (Å²) in [6, 6.07) is 11.3. The van der Waals surface area contributed by atoms with Gasteiger partial charge in [0.2, 0.25) is 5.91 Å². The molecule has 3 rings (SSSR count). The zero-order chi connectivity index (χ0) is 17.3.